The number of carboxylic acid groups (broad SMARTS) is 1. The van der Waals surface area contributed by atoms with Crippen LogP contribution < -0.4 is 0 Å². The molecule has 0 aromatic rings. The van der Waals surface area contributed by atoms with Crippen LogP contribution in [-0.2, 0) is 4.79 Å². The Morgan fingerprint density at radius 1 is 1.57 bits per heavy atom. The predicted octanol–water partition coefficient (Wildman–Crippen LogP) is 1.33. The second-order valence-electron chi connectivity index (χ2n) is 3.56. The van der Waals surface area contributed by atoms with Crippen molar-refractivity contribution >= 4 is 5.97 Å². The quantitative estimate of drug-likeness (QED) is 0.699. The van der Waals surface area contributed by atoms with E-state index in [0.29, 0.717) is 6.54 Å². The molecule has 0 aromatic carbocycles. The number of nitrogens with zero attached hydrogens (tertiary/aromatic N) is 2. The van der Waals surface area contributed by atoms with E-state index < -0.39 is 5.97 Å². The van der Waals surface area contributed by atoms with Gasteiger partial charge < -0.3 is 5.11 Å². The standard InChI is InChI=1S/C10H18N2O2/c1-4-12(7-8(2)6-11)9(3)5-10(13)14/h8-9H,4-5,7H2,1-3H3,(H,13,14). The second kappa shape index (κ2) is 6.39. The van der Waals surface area contributed by atoms with Crippen LogP contribution in [0.2, 0.25) is 0 Å². The highest BCUT2D eigenvalue weighted by molar-refractivity contribution is 5.67. The van der Waals surface area contributed by atoms with Gasteiger partial charge in [-0.25, -0.2) is 0 Å². The Labute approximate surface area is 85.1 Å². The summed E-state index contributed by atoms with van der Waals surface area (Å²) in [5.74, 6) is -0.841. The summed E-state index contributed by atoms with van der Waals surface area (Å²) < 4.78 is 0. The van der Waals surface area contributed by atoms with Crippen LogP contribution in [0.3, 0.4) is 0 Å². The molecule has 1 N–H and O–H groups in total. The first-order chi connectivity index (χ1) is 6.51. The molecule has 0 saturated heterocycles. The van der Waals surface area contributed by atoms with Crippen molar-refractivity contribution in [2.75, 3.05) is 13.1 Å². The summed E-state index contributed by atoms with van der Waals surface area (Å²) in [6.07, 6.45) is 0.131. The van der Waals surface area contributed by atoms with Crippen molar-refractivity contribution in [3.05, 3.63) is 0 Å². The molecule has 0 rings (SSSR count). The van der Waals surface area contributed by atoms with Gasteiger partial charge in [-0.2, -0.15) is 5.26 Å². The monoisotopic (exact) mass is 198 g/mol. The van der Waals surface area contributed by atoms with Gasteiger partial charge in [0.25, 0.3) is 0 Å². The molecule has 4 heteroatoms. The third-order valence-electron chi connectivity index (χ3n) is 2.23. The SMILES string of the molecule is CCN(CC(C)C#N)C(C)CC(=O)O. The third-order valence-corrected chi connectivity index (χ3v) is 2.23. The van der Waals surface area contributed by atoms with Gasteiger partial charge in [-0.1, -0.05) is 6.92 Å². The summed E-state index contributed by atoms with van der Waals surface area (Å²) in [5.41, 5.74) is 0. The van der Waals surface area contributed by atoms with Crippen LogP contribution >= 0.6 is 0 Å². The normalized spacial score (nSPS) is 14.8. The van der Waals surface area contributed by atoms with E-state index in [1.807, 2.05) is 25.7 Å². The maximum atomic E-state index is 10.5. The van der Waals surface area contributed by atoms with Crippen LogP contribution in [-0.4, -0.2) is 35.1 Å². The first-order valence-electron chi connectivity index (χ1n) is 4.86. The molecule has 14 heavy (non-hydrogen) atoms. The van der Waals surface area contributed by atoms with Crippen molar-refractivity contribution in [1.29, 1.82) is 5.26 Å². The summed E-state index contributed by atoms with van der Waals surface area (Å²) in [5, 5.41) is 17.3. The molecule has 0 spiro atoms. The summed E-state index contributed by atoms with van der Waals surface area (Å²) >= 11 is 0. The van der Waals surface area contributed by atoms with E-state index in [-0.39, 0.29) is 18.4 Å². The highest BCUT2D eigenvalue weighted by Crippen LogP contribution is 2.07. The minimum absolute atomic E-state index is 0.00620. The van der Waals surface area contributed by atoms with Gasteiger partial charge in [-0.05, 0) is 20.4 Å². The van der Waals surface area contributed by atoms with Crippen LogP contribution in [0.5, 0.6) is 0 Å². The maximum Gasteiger partial charge on any atom is 0.304 e. The van der Waals surface area contributed by atoms with Crippen molar-refractivity contribution in [3.63, 3.8) is 0 Å². The Hall–Kier alpha value is -1.08. The van der Waals surface area contributed by atoms with Gasteiger partial charge >= 0.3 is 5.97 Å². The molecule has 0 aliphatic carbocycles. The number of rotatable bonds is 6. The maximum absolute atomic E-state index is 10.5. The van der Waals surface area contributed by atoms with Crippen LogP contribution in [0.25, 0.3) is 0 Å². The first-order valence-corrected chi connectivity index (χ1v) is 4.86. The van der Waals surface area contributed by atoms with Gasteiger partial charge in [-0.3, -0.25) is 9.69 Å². The van der Waals surface area contributed by atoms with Crippen LogP contribution in [0.15, 0.2) is 0 Å². The minimum atomic E-state index is -0.791. The van der Waals surface area contributed by atoms with Crippen molar-refractivity contribution < 1.29 is 9.90 Å². The Balaban J connectivity index is 4.12. The van der Waals surface area contributed by atoms with Gasteiger partial charge in [0.2, 0.25) is 0 Å². The zero-order chi connectivity index (χ0) is 11.1. The molecule has 0 fully saturated rings. The van der Waals surface area contributed by atoms with Gasteiger partial charge in [0.1, 0.15) is 0 Å². The summed E-state index contributed by atoms with van der Waals surface area (Å²) in [4.78, 5) is 12.5. The van der Waals surface area contributed by atoms with Gasteiger partial charge in [-0.15, -0.1) is 0 Å². The van der Waals surface area contributed by atoms with Gasteiger partial charge in [0.05, 0.1) is 18.4 Å². The number of nitriles is 1. The Morgan fingerprint density at radius 2 is 2.14 bits per heavy atom. The molecule has 80 valence electrons. The molecule has 0 heterocycles. The van der Waals surface area contributed by atoms with Crippen LogP contribution in [0.1, 0.15) is 27.2 Å². The van der Waals surface area contributed by atoms with Crippen molar-refractivity contribution in [3.8, 4) is 6.07 Å². The number of hydrogen-bond acceptors (Lipinski definition) is 3. The second-order valence-corrected chi connectivity index (χ2v) is 3.56. The largest absolute Gasteiger partial charge is 0.481 e. The molecule has 0 aromatic heterocycles. The fourth-order valence-electron chi connectivity index (χ4n) is 1.40. The minimum Gasteiger partial charge on any atom is -0.481 e. The lowest BCUT2D eigenvalue weighted by Crippen LogP contribution is -2.37. The summed E-state index contributed by atoms with van der Waals surface area (Å²) in [6, 6.07) is 2.14. The average Bonchev–Trinajstić information content (AvgIpc) is 2.12. The van der Waals surface area contributed by atoms with E-state index in [2.05, 4.69) is 6.07 Å². The van der Waals surface area contributed by atoms with Crippen molar-refractivity contribution in [2.24, 2.45) is 5.92 Å². The zero-order valence-corrected chi connectivity index (χ0v) is 9.03. The first kappa shape index (κ1) is 12.9. The zero-order valence-electron chi connectivity index (χ0n) is 9.03. The number of carbonyl (C=O) groups is 1. The molecule has 0 radical (unpaired) electrons. The molecule has 0 aliphatic rings. The number of carboxylic acids is 1. The van der Waals surface area contributed by atoms with Gasteiger partial charge in [0, 0.05) is 12.6 Å². The highest BCUT2D eigenvalue weighted by atomic mass is 16.4. The summed E-state index contributed by atoms with van der Waals surface area (Å²) in [7, 11) is 0. The molecule has 0 aliphatic heterocycles. The highest BCUT2D eigenvalue weighted by Gasteiger charge is 2.17. The molecular formula is C10H18N2O2. The molecule has 2 atom stereocenters. The Morgan fingerprint density at radius 3 is 2.50 bits per heavy atom. The molecule has 0 bridgehead atoms. The lowest BCUT2D eigenvalue weighted by molar-refractivity contribution is -0.138. The molecule has 2 unspecified atom stereocenters. The number of aliphatic carboxylic acids is 1. The fourth-order valence-corrected chi connectivity index (χ4v) is 1.40. The predicted molar refractivity (Wildman–Crippen MR) is 53.7 cm³/mol. The number of hydrogen-bond donors (Lipinski definition) is 1. The topological polar surface area (TPSA) is 64.3 Å². The lowest BCUT2D eigenvalue weighted by Gasteiger charge is -2.27. The Bertz CT molecular complexity index is 223. The molecular weight excluding hydrogens is 180 g/mol. The van der Waals surface area contributed by atoms with Crippen molar-refractivity contribution in [2.45, 2.75) is 33.2 Å². The van der Waals surface area contributed by atoms with Crippen LogP contribution in [0, 0.1) is 17.2 Å². The van der Waals surface area contributed by atoms with Gasteiger partial charge in [0.15, 0.2) is 0 Å². The Kier molecular flexibility index (Phi) is 5.89. The average molecular weight is 198 g/mol. The lowest BCUT2D eigenvalue weighted by atomic mass is 10.1. The molecule has 4 nitrogen and oxygen atoms in total. The third kappa shape index (κ3) is 4.83. The van der Waals surface area contributed by atoms with E-state index in [1.54, 1.807) is 0 Å². The summed E-state index contributed by atoms with van der Waals surface area (Å²) in [6.45, 7) is 7.11. The van der Waals surface area contributed by atoms with E-state index in [0.717, 1.165) is 6.54 Å². The van der Waals surface area contributed by atoms with Crippen LogP contribution in [0.4, 0.5) is 0 Å². The van der Waals surface area contributed by atoms with E-state index in [1.165, 1.54) is 0 Å². The molecule has 0 amide bonds. The fraction of sp³-hybridized carbons (Fsp3) is 0.800. The van der Waals surface area contributed by atoms with E-state index >= 15 is 0 Å². The smallest absolute Gasteiger partial charge is 0.304 e. The van der Waals surface area contributed by atoms with Crippen molar-refractivity contribution in [1.82, 2.24) is 4.90 Å². The molecule has 0 saturated carbocycles. The van der Waals surface area contributed by atoms with E-state index in [4.69, 9.17) is 10.4 Å². The van der Waals surface area contributed by atoms with E-state index in [9.17, 15) is 4.79 Å².